The second-order valence-corrected chi connectivity index (χ2v) is 7.44. The first-order valence-corrected chi connectivity index (χ1v) is 9.74. The van der Waals surface area contributed by atoms with Crippen LogP contribution in [0.25, 0.3) is 11.3 Å². The van der Waals surface area contributed by atoms with E-state index in [-0.39, 0.29) is 24.1 Å². The lowest BCUT2D eigenvalue weighted by atomic mass is 10.1. The predicted octanol–water partition coefficient (Wildman–Crippen LogP) is 2.05. The van der Waals surface area contributed by atoms with Gasteiger partial charge in [-0.15, -0.1) is 0 Å². The number of benzene rings is 1. The van der Waals surface area contributed by atoms with Crippen molar-refractivity contribution in [3.8, 4) is 29.3 Å². The van der Waals surface area contributed by atoms with E-state index >= 15 is 0 Å². The van der Waals surface area contributed by atoms with Gasteiger partial charge in [0.2, 0.25) is 0 Å². The van der Waals surface area contributed by atoms with E-state index in [2.05, 4.69) is 22.6 Å². The maximum Gasteiger partial charge on any atom is 0.307 e. The molecule has 1 aromatic carbocycles. The molecule has 1 aliphatic carbocycles. The lowest BCUT2D eigenvalue weighted by Crippen LogP contribution is -2.36. The number of carbonyl (C=O) groups is 1. The SMILES string of the molecule is COC[C@H]1C[C@@H](NC(=O)c2ncc(-c3cc(C#N)ccc3OC3CC3)o2)CN1C#N. The van der Waals surface area contributed by atoms with Gasteiger partial charge >= 0.3 is 5.91 Å². The molecule has 1 saturated heterocycles. The third-order valence-electron chi connectivity index (χ3n) is 5.13. The number of carbonyl (C=O) groups excluding carboxylic acids is 1. The number of amides is 1. The van der Waals surface area contributed by atoms with Gasteiger partial charge in [-0.1, -0.05) is 0 Å². The van der Waals surface area contributed by atoms with Crippen LogP contribution in [-0.2, 0) is 4.74 Å². The van der Waals surface area contributed by atoms with E-state index in [1.54, 1.807) is 30.2 Å². The Bertz CT molecular complexity index is 1020. The molecule has 9 heteroatoms. The highest BCUT2D eigenvalue weighted by Crippen LogP contribution is 2.36. The average molecular weight is 407 g/mol. The van der Waals surface area contributed by atoms with Crippen LogP contribution in [0.2, 0.25) is 0 Å². The van der Waals surface area contributed by atoms with Crippen molar-refractivity contribution in [1.82, 2.24) is 15.2 Å². The molecule has 154 valence electrons. The summed E-state index contributed by atoms with van der Waals surface area (Å²) in [5.41, 5.74) is 1.05. The number of methoxy groups -OCH3 is 1. The second kappa shape index (κ2) is 8.44. The maximum atomic E-state index is 12.6. The van der Waals surface area contributed by atoms with Gasteiger partial charge in [0.1, 0.15) is 5.75 Å². The summed E-state index contributed by atoms with van der Waals surface area (Å²) in [6.07, 6.45) is 6.35. The van der Waals surface area contributed by atoms with Crippen LogP contribution in [0.4, 0.5) is 0 Å². The molecule has 2 aliphatic rings. The summed E-state index contributed by atoms with van der Waals surface area (Å²) in [5.74, 6) is 0.421. The van der Waals surface area contributed by atoms with Gasteiger partial charge in [0.15, 0.2) is 12.0 Å². The standard InChI is InChI=1S/C21H21N5O4/c1-28-11-15-7-14(10-26(15)12-23)25-20(27)21-24-9-19(30-21)17-6-13(8-22)2-5-18(17)29-16-3-4-16/h2,5-6,9,14-16H,3-4,7,10-11H2,1H3,(H,25,27)/t14-,15-/m1/s1. The first-order chi connectivity index (χ1) is 14.6. The molecule has 2 heterocycles. The average Bonchev–Trinajstić information content (AvgIpc) is 3.28. The Kier molecular flexibility index (Phi) is 5.55. The van der Waals surface area contributed by atoms with Crippen LogP contribution < -0.4 is 10.1 Å². The van der Waals surface area contributed by atoms with Crippen molar-refractivity contribution < 1.29 is 18.7 Å². The molecule has 30 heavy (non-hydrogen) atoms. The molecular weight excluding hydrogens is 386 g/mol. The van der Waals surface area contributed by atoms with Crippen molar-refractivity contribution in [2.45, 2.75) is 37.5 Å². The third kappa shape index (κ3) is 4.22. The zero-order valence-electron chi connectivity index (χ0n) is 16.5. The van der Waals surface area contributed by atoms with Crippen molar-refractivity contribution in [2.75, 3.05) is 20.3 Å². The molecule has 1 amide bonds. The van der Waals surface area contributed by atoms with Crippen LogP contribution in [0.3, 0.4) is 0 Å². The smallest absolute Gasteiger partial charge is 0.307 e. The zero-order valence-corrected chi connectivity index (χ0v) is 16.5. The van der Waals surface area contributed by atoms with Gasteiger partial charge in [-0.25, -0.2) is 4.98 Å². The van der Waals surface area contributed by atoms with E-state index in [9.17, 15) is 15.3 Å². The summed E-state index contributed by atoms with van der Waals surface area (Å²) in [6, 6.07) is 6.91. The third-order valence-corrected chi connectivity index (χ3v) is 5.13. The molecule has 0 spiro atoms. The second-order valence-electron chi connectivity index (χ2n) is 7.44. The minimum atomic E-state index is -0.455. The highest BCUT2D eigenvalue weighted by Gasteiger charge is 2.33. The number of hydrogen-bond acceptors (Lipinski definition) is 8. The summed E-state index contributed by atoms with van der Waals surface area (Å²) in [6.45, 7) is 0.829. The minimum Gasteiger partial charge on any atom is -0.490 e. The van der Waals surface area contributed by atoms with Crippen LogP contribution in [0.5, 0.6) is 5.75 Å². The number of rotatable bonds is 7. The first kappa shape index (κ1) is 19.7. The summed E-state index contributed by atoms with van der Waals surface area (Å²) in [5, 5.41) is 21.3. The Balaban J connectivity index is 1.49. The predicted molar refractivity (Wildman–Crippen MR) is 104 cm³/mol. The van der Waals surface area contributed by atoms with E-state index in [4.69, 9.17) is 13.9 Å². The highest BCUT2D eigenvalue weighted by molar-refractivity contribution is 5.90. The Morgan fingerprint density at radius 3 is 2.93 bits per heavy atom. The Hall–Kier alpha value is -3.56. The number of nitriles is 2. The molecule has 1 aromatic heterocycles. The summed E-state index contributed by atoms with van der Waals surface area (Å²) in [4.78, 5) is 18.3. The van der Waals surface area contributed by atoms with Crippen molar-refractivity contribution >= 4 is 5.91 Å². The molecule has 9 nitrogen and oxygen atoms in total. The van der Waals surface area contributed by atoms with Crippen molar-refractivity contribution in [2.24, 2.45) is 0 Å². The molecule has 2 aromatic rings. The van der Waals surface area contributed by atoms with Crippen molar-refractivity contribution in [3.05, 3.63) is 35.9 Å². The molecular formula is C21H21N5O4. The van der Waals surface area contributed by atoms with E-state index in [1.807, 2.05) is 0 Å². The van der Waals surface area contributed by atoms with Crippen molar-refractivity contribution in [1.29, 1.82) is 10.5 Å². The molecule has 1 N–H and O–H groups in total. The largest absolute Gasteiger partial charge is 0.490 e. The quantitative estimate of drug-likeness (QED) is 0.692. The normalized spacial score (nSPS) is 20.4. The Labute approximate surface area is 173 Å². The van der Waals surface area contributed by atoms with E-state index in [1.165, 1.54) is 6.20 Å². The lowest BCUT2D eigenvalue weighted by Gasteiger charge is -2.15. The molecule has 4 rings (SSSR count). The number of hydrogen-bond donors (Lipinski definition) is 1. The van der Waals surface area contributed by atoms with Crippen LogP contribution in [-0.4, -0.2) is 54.2 Å². The first-order valence-electron chi connectivity index (χ1n) is 9.74. The van der Waals surface area contributed by atoms with E-state index in [0.29, 0.717) is 42.2 Å². The zero-order chi connectivity index (χ0) is 21.1. The molecule has 2 atom stereocenters. The minimum absolute atomic E-state index is 0.0683. The fraction of sp³-hybridized carbons (Fsp3) is 0.429. The van der Waals surface area contributed by atoms with Crippen LogP contribution in [0.15, 0.2) is 28.8 Å². The summed E-state index contributed by atoms with van der Waals surface area (Å²) in [7, 11) is 1.58. The fourth-order valence-corrected chi connectivity index (χ4v) is 3.51. The number of ether oxygens (including phenoxy) is 2. The summed E-state index contributed by atoms with van der Waals surface area (Å²) >= 11 is 0. The number of aromatic nitrogens is 1. The molecule has 1 saturated carbocycles. The molecule has 0 bridgehead atoms. The highest BCUT2D eigenvalue weighted by atomic mass is 16.5. The monoisotopic (exact) mass is 407 g/mol. The number of oxazole rings is 1. The summed E-state index contributed by atoms with van der Waals surface area (Å²) < 4.78 is 16.7. The Morgan fingerprint density at radius 1 is 1.40 bits per heavy atom. The fourth-order valence-electron chi connectivity index (χ4n) is 3.51. The van der Waals surface area contributed by atoms with Crippen LogP contribution in [0.1, 0.15) is 35.5 Å². The van der Waals surface area contributed by atoms with Gasteiger partial charge in [0, 0.05) is 19.7 Å². The van der Waals surface area contributed by atoms with Crippen LogP contribution >= 0.6 is 0 Å². The molecule has 0 radical (unpaired) electrons. The lowest BCUT2D eigenvalue weighted by molar-refractivity contribution is 0.0904. The van der Waals surface area contributed by atoms with E-state index in [0.717, 1.165) is 12.8 Å². The molecule has 1 aliphatic heterocycles. The van der Waals surface area contributed by atoms with E-state index < -0.39 is 5.91 Å². The van der Waals surface area contributed by atoms with Gasteiger partial charge in [-0.05, 0) is 37.5 Å². The Morgan fingerprint density at radius 2 is 2.23 bits per heavy atom. The molecule has 2 fully saturated rings. The van der Waals surface area contributed by atoms with Gasteiger partial charge in [-0.3, -0.25) is 4.79 Å². The van der Waals surface area contributed by atoms with Gasteiger partial charge in [-0.2, -0.15) is 10.5 Å². The molecule has 0 unspecified atom stereocenters. The topological polar surface area (TPSA) is 124 Å². The number of nitrogens with zero attached hydrogens (tertiary/aromatic N) is 4. The number of likely N-dealkylation sites (tertiary alicyclic amines) is 1. The maximum absolute atomic E-state index is 12.6. The number of nitrogens with one attached hydrogen (secondary N) is 1. The van der Waals surface area contributed by atoms with Gasteiger partial charge in [0.25, 0.3) is 5.89 Å². The van der Waals surface area contributed by atoms with Gasteiger partial charge < -0.3 is 24.1 Å². The van der Waals surface area contributed by atoms with Crippen LogP contribution in [0, 0.1) is 22.8 Å². The van der Waals surface area contributed by atoms with Gasteiger partial charge in [0.05, 0.1) is 42.1 Å². The van der Waals surface area contributed by atoms with Crippen molar-refractivity contribution in [3.63, 3.8) is 0 Å².